The van der Waals surface area contributed by atoms with Gasteiger partial charge in [0.2, 0.25) is 0 Å². The average Bonchev–Trinajstić information content (AvgIpc) is 2.39. The molecule has 104 valence electrons. The summed E-state index contributed by atoms with van der Waals surface area (Å²) in [5.41, 5.74) is 8.60. The van der Waals surface area contributed by atoms with Gasteiger partial charge in [0.25, 0.3) is 0 Å². The zero-order chi connectivity index (χ0) is 14.5. The van der Waals surface area contributed by atoms with Crippen molar-refractivity contribution in [2.75, 3.05) is 5.73 Å². The zero-order valence-corrected chi connectivity index (χ0v) is 12.1. The molecule has 1 unspecified atom stereocenters. The summed E-state index contributed by atoms with van der Waals surface area (Å²) in [7, 11) is 0. The highest BCUT2D eigenvalue weighted by Gasteiger charge is 2.13. The van der Waals surface area contributed by atoms with Crippen LogP contribution in [0.1, 0.15) is 22.1 Å². The summed E-state index contributed by atoms with van der Waals surface area (Å²) in [6.45, 7) is 2.00. The number of rotatable bonds is 4. The molecule has 0 radical (unpaired) electrons. The van der Waals surface area contributed by atoms with Gasteiger partial charge in [-0.1, -0.05) is 42.0 Å². The monoisotopic (exact) mass is 287 g/mol. The summed E-state index contributed by atoms with van der Waals surface area (Å²) >= 11 is 4.31. The van der Waals surface area contributed by atoms with Crippen LogP contribution in [0.25, 0.3) is 0 Å². The number of nitrogens with two attached hydrogens (primary N) is 1. The molecule has 0 heterocycles. The molecule has 0 saturated heterocycles. The fourth-order valence-corrected chi connectivity index (χ4v) is 2.12. The average molecular weight is 287 g/mol. The number of esters is 1. The van der Waals surface area contributed by atoms with Crippen molar-refractivity contribution < 1.29 is 9.53 Å². The molecule has 2 rings (SSSR count). The zero-order valence-electron chi connectivity index (χ0n) is 11.2. The lowest BCUT2D eigenvalue weighted by molar-refractivity contribution is -0.144. The van der Waals surface area contributed by atoms with Gasteiger partial charge in [0.05, 0.1) is 6.42 Å². The number of hydrogen-bond acceptors (Lipinski definition) is 4. The van der Waals surface area contributed by atoms with E-state index in [2.05, 4.69) is 12.6 Å². The predicted molar refractivity (Wildman–Crippen MR) is 83.6 cm³/mol. The van der Waals surface area contributed by atoms with Gasteiger partial charge in [-0.2, -0.15) is 0 Å². The number of hydrogen-bond donors (Lipinski definition) is 2. The smallest absolute Gasteiger partial charge is 0.311 e. The number of carbonyl (C=O) groups excluding carboxylic acids is 1. The van der Waals surface area contributed by atoms with E-state index in [1.165, 1.54) is 0 Å². The normalized spacial score (nSPS) is 11.9. The van der Waals surface area contributed by atoms with Crippen molar-refractivity contribution in [1.29, 1.82) is 0 Å². The molecule has 2 aromatic carbocycles. The Hall–Kier alpha value is -1.94. The first-order valence-electron chi connectivity index (χ1n) is 6.33. The van der Waals surface area contributed by atoms with Crippen LogP contribution in [-0.2, 0) is 16.0 Å². The van der Waals surface area contributed by atoms with Gasteiger partial charge >= 0.3 is 5.97 Å². The lowest BCUT2D eigenvalue weighted by Crippen LogP contribution is -2.10. The van der Waals surface area contributed by atoms with Gasteiger partial charge in [0.1, 0.15) is 0 Å². The number of thiol groups is 1. The molecule has 0 amide bonds. The van der Waals surface area contributed by atoms with E-state index in [0.29, 0.717) is 5.69 Å². The van der Waals surface area contributed by atoms with Crippen molar-refractivity contribution in [3.8, 4) is 0 Å². The third-order valence-electron chi connectivity index (χ3n) is 2.91. The number of aryl methyl sites for hydroxylation is 1. The fourth-order valence-electron chi connectivity index (χ4n) is 1.84. The number of nitrogen functional groups attached to an aromatic ring is 1. The number of anilines is 1. The first-order chi connectivity index (χ1) is 9.54. The highest BCUT2D eigenvalue weighted by molar-refractivity contribution is 7.80. The molecule has 0 saturated carbocycles. The Morgan fingerprint density at radius 1 is 1.25 bits per heavy atom. The molecule has 0 aromatic heterocycles. The highest BCUT2D eigenvalue weighted by atomic mass is 32.1. The maximum absolute atomic E-state index is 11.9. The van der Waals surface area contributed by atoms with Crippen molar-refractivity contribution in [3.05, 3.63) is 65.2 Å². The van der Waals surface area contributed by atoms with E-state index >= 15 is 0 Å². The quantitative estimate of drug-likeness (QED) is 0.393. The Morgan fingerprint density at radius 2 is 1.95 bits per heavy atom. The molecule has 2 N–H and O–H groups in total. The van der Waals surface area contributed by atoms with Crippen LogP contribution in [0, 0.1) is 6.92 Å². The topological polar surface area (TPSA) is 52.3 Å². The van der Waals surface area contributed by atoms with Crippen molar-refractivity contribution in [2.45, 2.75) is 18.8 Å². The summed E-state index contributed by atoms with van der Waals surface area (Å²) in [6.07, 6.45) is 0.188. The molecule has 20 heavy (non-hydrogen) atoms. The van der Waals surface area contributed by atoms with Crippen molar-refractivity contribution in [1.82, 2.24) is 0 Å². The number of ether oxygens (including phenoxy) is 1. The van der Waals surface area contributed by atoms with Crippen LogP contribution < -0.4 is 5.73 Å². The van der Waals surface area contributed by atoms with E-state index in [0.717, 1.165) is 16.7 Å². The second kappa shape index (κ2) is 6.48. The summed E-state index contributed by atoms with van der Waals surface area (Å²) in [6, 6.07) is 14.9. The SMILES string of the molecule is Cc1ccc(C(S)OC(=O)Cc2cccc(N)c2)cc1. The minimum absolute atomic E-state index is 0.188. The van der Waals surface area contributed by atoms with E-state index in [1.54, 1.807) is 12.1 Å². The van der Waals surface area contributed by atoms with E-state index in [1.807, 2.05) is 43.3 Å². The summed E-state index contributed by atoms with van der Waals surface area (Å²) < 4.78 is 5.30. The third-order valence-corrected chi connectivity index (χ3v) is 3.31. The second-order valence-corrected chi connectivity index (χ2v) is 5.14. The molecule has 3 nitrogen and oxygen atoms in total. The van der Waals surface area contributed by atoms with Gasteiger partial charge in [-0.3, -0.25) is 4.79 Å². The highest BCUT2D eigenvalue weighted by Crippen LogP contribution is 2.22. The van der Waals surface area contributed by atoms with Crippen LogP contribution in [0.5, 0.6) is 0 Å². The first kappa shape index (κ1) is 14.5. The lowest BCUT2D eigenvalue weighted by atomic mass is 10.1. The molecule has 0 aliphatic rings. The maximum Gasteiger partial charge on any atom is 0.311 e. The van der Waals surface area contributed by atoms with Gasteiger partial charge in [0.15, 0.2) is 5.44 Å². The van der Waals surface area contributed by atoms with E-state index in [-0.39, 0.29) is 12.4 Å². The van der Waals surface area contributed by atoms with E-state index in [9.17, 15) is 4.79 Å². The van der Waals surface area contributed by atoms with Gasteiger partial charge in [0, 0.05) is 11.3 Å². The van der Waals surface area contributed by atoms with Crippen LogP contribution in [0.2, 0.25) is 0 Å². The van der Waals surface area contributed by atoms with Gasteiger partial charge in [-0.15, -0.1) is 12.6 Å². The molecular formula is C16H17NO2S. The molecule has 0 aliphatic carbocycles. The van der Waals surface area contributed by atoms with Crippen LogP contribution in [-0.4, -0.2) is 5.97 Å². The Morgan fingerprint density at radius 3 is 2.60 bits per heavy atom. The molecule has 0 spiro atoms. The molecule has 0 fully saturated rings. The van der Waals surface area contributed by atoms with Crippen molar-refractivity contribution >= 4 is 24.3 Å². The molecule has 0 bridgehead atoms. The molecular weight excluding hydrogens is 270 g/mol. The predicted octanol–water partition coefficient (Wildman–Crippen LogP) is 3.29. The van der Waals surface area contributed by atoms with Crippen molar-refractivity contribution in [2.24, 2.45) is 0 Å². The van der Waals surface area contributed by atoms with Crippen LogP contribution in [0.15, 0.2) is 48.5 Å². The number of benzene rings is 2. The Bertz CT molecular complexity index is 596. The molecule has 2 aromatic rings. The van der Waals surface area contributed by atoms with E-state index in [4.69, 9.17) is 10.5 Å². The molecule has 4 heteroatoms. The van der Waals surface area contributed by atoms with Crippen molar-refractivity contribution in [3.63, 3.8) is 0 Å². The minimum Gasteiger partial charge on any atom is -0.446 e. The first-order valence-corrected chi connectivity index (χ1v) is 6.85. The van der Waals surface area contributed by atoms with Crippen LogP contribution in [0.4, 0.5) is 5.69 Å². The Balaban J connectivity index is 1.95. The van der Waals surface area contributed by atoms with Gasteiger partial charge < -0.3 is 10.5 Å². The standard InChI is InChI=1S/C16H17NO2S/c1-11-5-7-13(8-6-11)16(20)19-15(18)10-12-3-2-4-14(17)9-12/h2-9,16,20H,10,17H2,1H3. The van der Waals surface area contributed by atoms with Gasteiger partial charge in [-0.25, -0.2) is 0 Å². The lowest BCUT2D eigenvalue weighted by Gasteiger charge is -2.13. The van der Waals surface area contributed by atoms with Gasteiger partial charge in [-0.05, 0) is 24.6 Å². The summed E-state index contributed by atoms with van der Waals surface area (Å²) in [5, 5.41) is 0. The number of carbonyl (C=O) groups is 1. The molecule has 0 aliphatic heterocycles. The third kappa shape index (κ3) is 4.03. The Kier molecular flexibility index (Phi) is 4.69. The summed E-state index contributed by atoms with van der Waals surface area (Å²) in [4.78, 5) is 11.9. The second-order valence-electron chi connectivity index (χ2n) is 4.67. The Labute approximate surface area is 124 Å². The van der Waals surface area contributed by atoms with E-state index < -0.39 is 5.44 Å². The fraction of sp³-hybridized carbons (Fsp3) is 0.188. The molecule has 1 atom stereocenters. The van der Waals surface area contributed by atoms with Crippen LogP contribution in [0.3, 0.4) is 0 Å². The maximum atomic E-state index is 11.9. The van der Waals surface area contributed by atoms with Crippen LogP contribution >= 0.6 is 12.6 Å². The largest absolute Gasteiger partial charge is 0.446 e. The minimum atomic E-state index is -0.552. The summed E-state index contributed by atoms with van der Waals surface area (Å²) in [5.74, 6) is -0.323.